The minimum absolute atomic E-state index is 0. The van der Waals surface area contributed by atoms with Crippen LogP contribution in [0.15, 0.2) is 35.3 Å². The van der Waals surface area contributed by atoms with E-state index in [0.29, 0.717) is 11.0 Å². The number of fused-ring (bicyclic) bond motifs is 1. The molecular formula is C24H28FN7O. The van der Waals surface area contributed by atoms with Gasteiger partial charge in [0.05, 0.1) is 5.69 Å². The number of nitrogens with zero attached hydrogens (tertiary/aromatic N) is 6. The van der Waals surface area contributed by atoms with Crippen molar-refractivity contribution >= 4 is 28.4 Å². The van der Waals surface area contributed by atoms with Gasteiger partial charge in [0.15, 0.2) is 0 Å². The standard InChI is InChI=1S/C24H26FN7O.H2/c1-30-8-10-31(11-9-30)19-6-7-21(20(25)13-19)28-24-27-15-17-12-16(14-26)23(33)32(22(17)29-24)18-4-2-3-5-18;/h6-7,12-13,15,18H,2-5,8-11H2,1H3,(H,27,28,29);1H. The van der Waals surface area contributed by atoms with Crippen molar-refractivity contribution in [2.75, 3.05) is 43.4 Å². The molecule has 9 heteroatoms. The number of piperazine rings is 1. The lowest BCUT2D eigenvalue weighted by Crippen LogP contribution is -2.44. The van der Waals surface area contributed by atoms with Crippen LogP contribution in [0, 0.1) is 17.1 Å². The molecule has 0 unspecified atom stereocenters. The number of pyridine rings is 1. The van der Waals surface area contributed by atoms with Crippen LogP contribution in [0.2, 0.25) is 0 Å². The maximum absolute atomic E-state index is 14.9. The lowest BCUT2D eigenvalue weighted by molar-refractivity contribution is 0.313. The number of likely N-dealkylation sites (N-methyl/N-ethyl adjacent to an activating group) is 1. The minimum atomic E-state index is -0.386. The molecule has 0 bridgehead atoms. The number of halogens is 1. The number of rotatable bonds is 4. The van der Waals surface area contributed by atoms with Crippen LogP contribution >= 0.6 is 0 Å². The van der Waals surface area contributed by atoms with Crippen molar-refractivity contribution in [3.8, 4) is 6.07 Å². The highest BCUT2D eigenvalue weighted by Crippen LogP contribution is 2.31. The first kappa shape index (κ1) is 21.3. The molecule has 8 nitrogen and oxygen atoms in total. The van der Waals surface area contributed by atoms with Crippen LogP contribution in [0.25, 0.3) is 11.0 Å². The first-order valence-electron chi connectivity index (χ1n) is 11.4. The molecule has 0 amide bonds. The zero-order valence-electron chi connectivity index (χ0n) is 18.6. The SMILES string of the molecule is CN1CCN(c2ccc(Nc3ncc4cc(C#N)c(=O)n(C5CCCC5)c4n3)c(F)c2)CC1.[HH]. The summed E-state index contributed by atoms with van der Waals surface area (Å²) in [5.41, 5.74) is 1.35. The Labute approximate surface area is 192 Å². The normalized spacial score (nSPS) is 17.4. The molecule has 1 saturated carbocycles. The van der Waals surface area contributed by atoms with Gasteiger partial charge < -0.3 is 15.1 Å². The first-order chi connectivity index (χ1) is 16.0. The Balaban J connectivity index is 0.00000274. The molecule has 2 aliphatic rings. The summed E-state index contributed by atoms with van der Waals surface area (Å²) in [7, 11) is 2.09. The van der Waals surface area contributed by atoms with Crippen molar-refractivity contribution in [3.05, 3.63) is 52.2 Å². The Bertz CT molecular complexity index is 1290. The monoisotopic (exact) mass is 449 g/mol. The summed E-state index contributed by atoms with van der Waals surface area (Å²) < 4.78 is 16.5. The third kappa shape index (κ3) is 4.14. The average molecular weight is 450 g/mol. The van der Waals surface area contributed by atoms with Crippen molar-refractivity contribution < 1.29 is 5.82 Å². The van der Waals surface area contributed by atoms with Gasteiger partial charge in [0.1, 0.15) is 23.1 Å². The molecule has 1 aromatic carbocycles. The van der Waals surface area contributed by atoms with E-state index in [1.807, 2.05) is 12.1 Å². The molecule has 0 atom stereocenters. The van der Waals surface area contributed by atoms with E-state index in [0.717, 1.165) is 57.5 Å². The molecule has 1 aliphatic heterocycles. The highest BCUT2D eigenvalue weighted by Gasteiger charge is 2.23. The minimum Gasteiger partial charge on any atom is -0.369 e. The van der Waals surface area contributed by atoms with Crippen LogP contribution in [0.5, 0.6) is 0 Å². The van der Waals surface area contributed by atoms with E-state index in [4.69, 9.17) is 0 Å². The summed E-state index contributed by atoms with van der Waals surface area (Å²) in [5, 5.41) is 13.0. The molecule has 3 aromatic rings. The topological polar surface area (TPSA) is 90.1 Å². The molecule has 172 valence electrons. The van der Waals surface area contributed by atoms with E-state index >= 15 is 0 Å². The van der Waals surface area contributed by atoms with Crippen molar-refractivity contribution in [1.82, 2.24) is 19.4 Å². The summed E-state index contributed by atoms with van der Waals surface area (Å²) in [4.78, 5) is 26.2. The van der Waals surface area contributed by atoms with Crippen LogP contribution in [0.4, 0.5) is 21.7 Å². The summed E-state index contributed by atoms with van der Waals surface area (Å²) >= 11 is 0. The van der Waals surface area contributed by atoms with Gasteiger partial charge in [-0.3, -0.25) is 9.36 Å². The molecule has 1 aliphatic carbocycles. The van der Waals surface area contributed by atoms with E-state index in [-0.39, 0.29) is 36.0 Å². The lowest BCUT2D eigenvalue weighted by atomic mass is 10.2. The van der Waals surface area contributed by atoms with Crippen LogP contribution in [0.1, 0.15) is 38.7 Å². The van der Waals surface area contributed by atoms with Crippen molar-refractivity contribution in [2.45, 2.75) is 31.7 Å². The van der Waals surface area contributed by atoms with Gasteiger partial charge >= 0.3 is 0 Å². The second-order valence-electron chi connectivity index (χ2n) is 8.84. The van der Waals surface area contributed by atoms with Gasteiger partial charge in [-0.2, -0.15) is 10.2 Å². The molecule has 5 rings (SSSR count). The third-order valence-corrected chi connectivity index (χ3v) is 6.65. The first-order valence-corrected chi connectivity index (χ1v) is 11.4. The van der Waals surface area contributed by atoms with Gasteiger partial charge in [-0.25, -0.2) is 9.37 Å². The Morgan fingerprint density at radius 3 is 2.64 bits per heavy atom. The molecule has 1 N–H and O–H groups in total. The molecule has 1 saturated heterocycles. The van der Waals surface area contributed by atoms with Crippen molar-refractivity contribution in [1.29, 1.82) is 5.26 Å². The van der Waals surface area contributed by atoms with Gasteiger partial charge in [0, 0.05) is 50.9 Å². The number of hydrogen-bond donors (Lipinski definition) is 1. The Kier molecular flexibility index (Phi) is 5.68. The van der Waals surface area contributed by atoms with E-state index in [1.54, 1.807) is 16.8 Å². The van der Waals surface area contributed by atoms with E-state index < -0.39 is 0 Å². The summed E-state index contributed by atoms with van der Waals surface area (Å²) in [5.74, 6) is -0.173. The summed E-state index contributed by atoms with van der Waals surface area (Å²) in [6.45, 7) is 3.62. The Hall–Kier alpha value is -3.51. The third-order valence-electron chi connectivity index (χ3n) is 6.65. The quantitative estimate of drug-likeness (QED) is 0.650. The number of benzene rings is 1. The smallest absolute Gasteiger partial charge is 0.270 e. The zero-order valence-corrected chi connectivity index (χ0v) is 18.6. The van der Waals surface area contributed by atoms with Gasteiger partial charge in [0.2, 0.25) is 5.95 Å². The number of hydrogen-bond acceptors (Lipinski definition) is 7. The molecule has 3 heterocycles. The van der Waals surface area contributed by atoms with Crippen LogP contribution in [-0.2, 0) is 0 Å². The van der Waals surface area contributed by atoms with Gasteiger partial charge in [-0.15, -0.1) is 0 Å². The van der Waals surface area contributed by atoms with Gasteiger partial charge in [0.25, 0.3) is 5.56 Å². The molecule has 0 spiro atoms. The number of aromatic nitrogens is 3. The van der Waals surface area contributed by atoms with Gasteiger partial charge in [-0.05, 0) is 44.2 Å². The molecule has 33 heavy (non-hydrogen) atoms. The fourth-order valence-electron chi connectivity index (χ4n) is 4.75. The predicted molar refractivity (Wildman–Crippen MR) is 128 cm³/mol. The zero-order chi connectivity index (χ0) is 22.9. The highest BCUT2D eigenvalue weighted by molar-refractivity contribution is 5.77. The average Bonchev–Trinajstić information content (AvgIpc) is 3.35. The number of nitrogens with one attached hydrogen (secondary N) is 1. The molecular weight excluding hydrogens is 421 g/mol. The second-order valence-corrected chi connectivity index (χ2v) is 8.84. The second kappa shape index (κ2) is 8.79. The van der Waals surface area contributed by atoms with Crippen LogP contribution in [0.3, 0.4) is 0 Å². The van der Waals surface area contributed by atoms with Crippen molar-refractivity contribution in [3.63, 3.8) is 0 Å². The lowest BCUT2D eigenvalue weighted by Gasteiger charge is -2.34. The number of nitriles is 1. The van der Waals surface area contributed by atoms with Crippen LogP contribution in [-0.4, -0.2) is 52.7 Å². The Morgan fingerprint density at radius 1 is 1.18 bits per heavy atom. The van der Waals surface area contributed by atoms with Crippen LogP contribution < -0.4 is 15.8 Å². The molecule has 0 radical (unpaired) electrons. The predicted octanol–water partition coefficient (Wildman–Crippen LogP) is 3.66. The number of anilines is 3. The summed E-state index contributed by atoms with van der Waals surface area (Å²) in [6.07, 6.45) is 5.40. The van der Waals surface area contributed by atoms with Gasteiger partial charge in [-0.1, -0.05) is 12.8 Å². The maximum atomic E-state index is 14.9. The fourth-order valence-corrected chi connectivity index (χ4v) is 4.75. The molecule has 2 fully saturated rings. The fraction of sp³-hybridized carbons (Fsp3) is 0.417. The largest absolute Gasteiger partial charge is 0.369 e. The van der Waals surface area contributed by atoms with Crippen molar-refractivity contribution in [2.24, 2.45) is 0 Å². The van der Waals surface area contributed by atoms with E-state index in [2.05, 4.69) is 32.1 Å². The molecule has 2 aromatic heterocycles. The highest BCUT2D eigenvalue weighted by atomic mass is 19.1. The van der Waals surface area contributed by atoms with E-state index in [9.17, 15) is 14.4 Å². The van der Waals surface area contributed by atoms with E-state index in [1.165, 1.54) is 12.1 Å². The maximum Gasteiger partial charge on any atom is 0.270 e. The Morgan fingerprint density at radius 2 is 1.94 bits per heavy atom. The summed E-state index contributed by atoms with van der Waals surface area (Å²) in [6, 6.07) is 8.64.